The van der Waals surface area contributed by atoms with Gasteiger partial charge >= 0.3 is 11.9 Å². The molecule has 1 aliphatic rings. The molecule has 0 aliphatic carbocycles. The largest absolute Gasteiger partial charge is 0.464 e. The molecule has 0 aromatic heterocycles. The van der Waals surface area contributed by atoms with Crippen LogP contribution in [0.1, 0.15) is 67.2 Å². The second-order valence-electron chi connectivity index (χ2n) is 12.7. The van der Waals surface area contributed by atoms with E-state index in [4.69, 9.17) is 28.4 Å². The van der Waals surface area contributed by atoms with Crippen LogP contribution in [-0.2, 0) is 38.0 Å². The zero-order valence-electron chi connectivity index (χ0n) is 26.3. The molecule has 0 spiro atoms. The summed E-state index contributed by atoms with van der Waals surface area (Å²) in [5.74, 6) is -0.289. The van der Waals surface area contributed by atoms with Gasteiger partial charge in [-0.25, -0.2) is 0 Å². The van der Waals surface area contributed by atoms with E-state index in [-0.39, 0.29) is 22.8 Å². The third-order valence-corrected chi connectivity index (χ3v) is 6.45. The minimum atomic E-state index is -0.145. The van der Waals surface area contributed by atoms with E-state index in [1.165, 1.54) is 0 Å². The second kappa shape index (κ2) is 21.4. The van der Waals surface area contributed by atoms with E-state index in [2.05, 4.69) is 51.3 Å². The molecule has 0 amide bonds. The molecule has 0 unspecified atom stereocenters. The van der Waals surface area contributed by atoms with Crippen molar-refractivity contribution < 1.29 is 38.0 Å². The summed E-state index contributed by atoms with van der Waals surface area (Å²) in [6.07, 6.45) is 2.51. The van der Waals surface area contributed by atoms with Crippen molar-refractivity contribution in [2.45, 2.75) is 67.2 Å². The van der Waals surface area contributed by atoms with Crippen molar-refractivity contribution in [1.29, 1.82) is 0 Å². The lowest BCUT2D eigenvalue weighted by Gasteiger charge is -2.23. The number of hydrogen-bond acceptors (Lipinski definition) is 10. The molecule has 0 aromatic rings. The highest BCUT2D eigenvalue weighted by atomic mass is 16.5. The van der Waals surface area contributed by atoms with Crippen LogP contribution in [0.2, 0.25) is 0 Å². The van der Waals surface area contributed by atoms with Gasteiger partial charge in [-0.15, -0.1) is 0 Å². The Kier molecular flexibility index (Phi) is 19.7. The van der Waals surface area contributed by atoms with Crippen LogP contribution in [0.15, 0.2) is 0 Å². The molecule has 0 bridgehead atoms. The van der Waals surface area contributed by atoms with Crippen LogP contribution < -0.4 is 0 Å². The molecular formula is C30H58N2O8. The lowest BCUT2D eigenvalue weighted by atomic mass is 9.91. The molecule has 1 fully saturated rings. The first-order chi connectivity index (χ1) is 18.9. The molecule has 0 radical (unpaired) electrons. The first-order valence-electron chi connectivity index (χ1n) is 15.0. The van der Waals surface area contributed by atoms with E-state index < -0.39 is 0 Å². The van der Waals surface area contributed by atoms with Crippen molar-refractivity contribution in [3.63, 3.8) is 0 Å². The minimum Gasteiger partial charge on any atom is -0.464 e. The maximum absolute atomic E-state index is 12.0. The Morgan fingerprint density at radius 2 is 0.850 bits per heavy atom. The summed E-state index contributed by atoms with van der Waals surface area (Å²) in [5, 5.41) is 0. The third-order valence-electron chi connectivity index (χ3n) is 6.45. The molecule has 0 atom stereocenters. The maximum Gasteiger partial charge on any atom is 0.305 e. The van der Waals surface area contributed by atoms with Gasteiger partial charge in [0.05, 0.1) is 52.9 Å². The summed E-state index contributed by atoms with van der Waals surface area (Å²) >= 11 is 0. The van der Waals surface area contributed by atoms with Crippen LogP contribution in [0.5, 0.6) is 0 Å². The number of nitrogens with zero attached hydrogens (tertiary/aromatic N) is 2. The van der Waals surface area contributed by atoms with Gasteiger partial charge in [0.1, 0.15) is 13.2 Å². The third kappa shape index (κ3) is 23.4. The number of rotatable bonds is 10. The summed E-state index contributed by atoms with van der Waals surface area (Å²) in [7, 11) is 0. The summed E-state index contributed by atoms with van der Waals surface area (Å²) in [4.78, 5) is 28.4. The van der Waals surface area contributed by atoms with Crippen molar-refractivity contribution in [3.8, 4) is 0 Å². The van der Waals surface area contributed by atoms with Crippen LogP contribution in [0.25, 0.3) is 0 Å². The Morgan fingerprint density at radius 1 is 0.550 bits per heavy atom. The zero-order valence-corrected chi connectivity index (χ0v) is 26.3. The Morgan fingerprint density at radius 3 is 1.12 bits per heavy atom. The van der Waals surface area contributed by atoms with Gasteiger partial charge in [-0.2, -0.15) is 0 Å². The number of ether oxygens (including phenoxy) is 6. The molecular weight excluding hydrogens is 516 g/mol. The molecule has 1 heterocycles. The van der Waals surface area contributed by atoms with Crippen molar-refractivity contribution in [3.05, 3.63) is 0 Å². The van der Waals surface area contributed by atoms with E-state index in [1.54, 1.807) is 0 Å². The molecule has 40 heavy (non-hydrogen) atoms. The van der Waals surface area contributed by atoms with Gasteiger partial charge in [0.15, 0.2) is 0 Å². The van der Waals surface area contributed by atoms with Gasteiger partial charge in [-0.1, -0.05) is 41.5 Å². The number of carbonyl (C=O) groups is 2. The Bertz CT molecular complexity index is 587. The average Bonchev–Trinajstić information content (AvgIpc) is 2.87. The highest BCUT2D eigenvalue weighted by molar-refractivity contribution is 5.69. The zero-order chi connectivity index (χ0) is 29.7. The molecule has 0 N–H and O–H groups in total. The predicted octanol–water partition coefficient (Wildman–Crippen LogP) is 3.41. The van der Waals surface area contributed by atoms with Gasteiger partial charge in [0.2, 0.25) is 0 Å². The summed E-state index contributed by atoms with van der Waals surface area (Å²) in [6, 6.07) is 0. The highest BCUT2D eigenvalue weighted by Crippen LogP contribution is 2.21. The van der Waals surface area contributed by atoms with Crippen LogP contribution in [0, 0.1) is 10.8 Å². The quantitative estimate of drug-likeness (QED) is 0.361. The van der Waals surface area contributed by atoms with Crippen LogP contribution in [-0.4, -0.2) is 127 Å². The number of esters is 2. The fourth-order valence-corrected chi connectivity index (χ4v) is 3.76. The Labute approximate surface area is 243 Å². The van der Waals surface area contributed by atoms with Crippen LogP contribution in [0.3, 0.4) is 0 Å². The normalized spacial score (nSPS) is 18.9. The fraction of sp³-hybridized carbons (Fsp3) is 0.933. The van der Waals surface area contributed by atoms with Crippen molar-refractivity contribution >= 4 is 11.9 Å². The molecule has 1 aliphatic heterocycles. The first kappa shape index (κ1) is 36.7. The van der Waals surface area contributed by atoms with Gasteiger partial charge in [-0.3, -0.25) is 19.4 Å². The van der Waals surface area contributed by atoms with E-state index >= 15 is 0 Å². The molecule has 10 nitrogen and oxygen atoms in total. The summed E-state index contributed by atoms with van der Waals surface area (Å²) in [5.41, 5.74) is 0.237. The van der Waals surface area contributed by atoms with Crippen LogP contribution in [0.4, 0.5) is 0 Å². The maximum atomic E-state index is 12.0. The Balaban J connectivity index is 2.35. The van der Waals surface area contributed by atoms with Crippen molar-refractivity contribution in [2.24, 2.45) is 10.8 Å². The molecule has 0 aromatic carbocycles. The van der Waals surface area contributed by atoms with E-state index in [1.807, 2.05) is 0 Å². The summed E-state index contributed by atoms with van der Waals surface area (Å²) in [6.45, 7) is 22.0. The molecule has 236 valence electrons. The van der Waals surface area contributed by atoms with Crippen molar-refractivity contribution in [1.82, 2.24) is 9.80 Å². The van der Waals surface area contributed by atoms with Gasteiger partial charge in [0.25, 0.3) is 0 Å². The summed E-state index contributed by atoms with van der Waals surface area (Å²) < 4.78 is 34.0. The number of hydrogen-bond donors (Lipinski definition) is 0. The molecule has 1 saturated heterocycles. The highest BCUT2D eigenvalue weighted by Gasteiger charge is 2.15. The topological polar surface area (TPSA) is 96.0 Å². The average molecular weight is 575 g/mol. The smallest absolute Gasteiger partial charge is 0.305 e. The van der Waals surface area contributed by atoms with E-state index in [0.29, 0.717) is 92.0 Å². The van der Waals surface area contributed by atoms with Gasteiger partial charge < -0.3 is 28.4 Å². The standard InChI is InChI=1S/C30H58N2O8/c1-29(2,3)9-7-27(33)39-21-15-31-11-17-35-23-25-37-19-13-32(14-20-38-26-24-36-18-12-31)16-22-40-28(34)8-10-30(4,5)6/h7-26H2,1-6H3. The molecule has 1 rings (SSSR count). The van der Waals surface area contributed by atoms with Crippen LogP contribution >= 0.6 is 0 Å². The van der Waals surface area contributed by atoms with Crippen molar-refractivity contribution in [2.75, 3.05) is 105 Å². The lowest BCUT2D eigenvalue weighted by molar-refractivity contribution is -0.145. The number of carbonyl (C=O) groups excluding carboxylic acids is 2. The lowest BCUT2D eigenvalue weighted by Crippen LogP contribution is -2.36. The van der Waals surface area contributed by atoms with Gasteiger partial charge in [0, 0.05) is 52.1 Å². The van der Waals surface area contributed by atoms with E-state index in [9.17, 15) is 9.59 Å². The minimum absolute atomic E-state index is 0.118. The first-order valence-corrected chi connectivity index (χ1v) is 15.0. The molecule has 0 saturated carbocycles. The fourth-order valence-electron chi connectivity index (χ4n) is 3.76. The molecule has 10 heteroatoms. The SMILES string of the molecule is CC(C)(C)CCC(=O)OCCN1CCOCCOCCN(CCOC(=O)CCC(C)(C)C)CCOCCOCC1. The predicted molar refractivity (Wildman–Crippen MR) is 155 cm³/mol. The second-order valence-corrected chi connectivity index (χ2v) is 12.7. The van der Waals surface area contributed by atoms with Gasteiger partial charge in [-0.05, 0) is 23.7 Å². The Hall–Kier alpha value is -1.30. The van der Waals surface area contributed by atoms with E-state index in [0.717, 1.165) is 39.0 Å². The monoisotopic (exact) mass is 574 g/mol.